The third-order valence-corrected chi connectivity index (χ3v) is 6.07. The average molecular weight is 452 g/mol. The SMILES string of the molecule is CCOCCOc1ccc2c(c1)Sc1cc(OCCOCC)ccc1N2c1ccccc1. The van der Waals surface area contributed by atoms with Crippen LogP contribution in [0, 0.1) is 0 Å². The summed E-state index contributed by atoms with van der Waals surface area (Å²) in [6, 6.07) is 22.9. The van der Waals surface area contributed by atoms with E-state index >= 15 is 0 Å². The van der Waals surface area contributed by atoms with Crippen molar-refractivity contribution in [2.45, 2.75) is 23.6 Å². The van der Waals surface area contributed by atoms with Crippen molar-refractivity contribution in [3.05, 3.63) is 66.7 Å². The van der Waals surface area contributed by atoms with E-state index < -0.39 is 0 Å². The molecule has 0 aromatic heterocycles. The Morgan fingerprint density at radius 1 is 0.656 bits per heavy atom. The zero-order chi connectivity index (χ0) is 22.2. The summed E-state index contributed by atoms with van der Waals surface area (Å²) in [7, 11) is 0. The van der Waals surface area contributed by atoms with Crippen molar-refractivity contribution in [1.82, 2.24) is 0 Å². The van der Waals surface area contributed by atoms with E-state index in [1.54, 1.807) is 11.8 Å². The lowest BCUT2D eigenvalue weighted by Gasteiger charge is -2.33. The molecule has 0 unspecified atom stereocenters. The van der Waals surface area contributed by atoms with Crippen LogP contribution in [-0.2, 0) is 9.47 Å². The highest BCUT2D eigenvalue weighted by molar-refractivity contribution is 7.99. The van der Waals surface area contributed by atoms with Crippen LogP contribution in [0.15, 0.2) is 76.5 Å². The molecule has 0 radical (unpaired) electrons. The van der Waals surface area contributed by atoms with Gasteiger partial charge in [-0.15, -0.1) is 0 Å². The minimum absolute atomic E-state index is 0.536. The van der Waals surface area contributed by atoms with Crippen molar-refractivity contribution < 1.29 is 18.9 Å². The Morgan fingerprint density at radius 2 is 1.19 bits per heavy atom. The van der Waals surface area contributed by atoms with E-state index in [2.05, 4.69) is 53.4 Å². The highest BCUT2D eigenvalue weighted by Gasteiger charge is 2.25. The first kappa shape index (κ1) is 22.5. The van der Waals surface area contributed by atoms with Crippen molar-refractivity contribution in [3.63, 3.8) is 0 Å². The lowest BCUT2D eigenvalue weighted by atomic mass is 10.1. The number of benzene rings is 3. The van der Waals surface area contributed by atoms with Crippen LogP contribution in [0.3, 0.4) is 0 Å². The van der Waals surface area contributed by atoms with Crippen LogP contribution in [-0.4, -0.2) is 39.6 Å². The molecule has 6 heteroatoms. The average Bonchev–Trinajstić information content (AvgIpc) is 2.83. The molecule has 32 heavy (non-hydrogen) atoms. The van der Waals surface area contributed by atoms with Crippen molar-refractivity contribution in [3.8, 4) is 11.5 Å². The second-order valence-electron chi connectivity index (χ2n) is 7.12. The van der Waals surface area contributed by atoms with Gasteiger partial charge in [-0.2, -0.15) is 0 Å². The Hall–Kier alpha value is -2.67. The predicted molar refractivity (Wildman–Crippen MR) is 129 cm³/mol. The first-order chi connectivity index (χ1) is 15.8. The summed E-state index contributed by atoms with van der Waals surface area (Å²) < 4.78 is 22.6. The van der Waals surface area contributed by atoms with Gasteiger partial charge in [0.15, 0.2) is 0 Å². The van der Waals surface area contributed by atoms with E-state index in [1.165, 1.54) is 0 Å². The minimum atomic E-state index is 0.536. The third-order valence-electron chi connectivity index (χ3n) is 4.98. The van der Waals surface area contributed by atoms with Crippen molar-refractivity contribution >= 4 is 28.8 Å². The molecular weight excluding hydrogens is 422 g/mol. The Kier molecular flexibility index (Phi) is 7.93. The van der Waals surface area contributed by atoms with E-state index in [-0.39, 0.29) is 0 Å². The molecule has 0 fully saturated rings. The molecule has 0 saturated carbocycles. The number of ether oxygens (including phenoxy) is 4. The molecule has 5 nitrogen and oxygen atoms in total. The zero-order valence-electron chi connectivity index (χ0n) is 18.6. The van der Waals surface area contributed by atoms with Gasteiger partial charge in [0.05, 0.1) is 24.6 Å². The fourth-order valence-corrected chi connectivity index (χ4v) is 4.65. The molecule has 3 aromatic carbocycles. The van der Waals surface area contributed by atoms with Gasteiger partial charge in [0, 0.05) is 28.7 Å². The first-order valence-corrected chi connectivity index (χ1v) is 11.8. The summed E-state index contributed by atoms with van der Waals surface area (Å²) in [5, 5.41) is 0. The maximum atomic E-state index is 5.91. The van der Waals surface area contributed by atoms with Crippen LogP contribution in [0.2, 0.25) is 0 Å². The maximum absolute atomic E-state index is 5.91. The molecule has 3 aromatic rings. The Morgan fingerprint density at radius 3 is 1.69 bits per heavy atom. The smallest absolute Gasteiger partial charge is 0.120 e. The van der Waals surface area contributed by atoms with Gasteiger partial charge in [0.25, 0.3) is 0 Å². The van der Waals surface area contributed by atoms with Crippen LogP contribution in [0.5, 0.6) is 11.5 Å². The summed E-state index contributed by atoms with van der Waals surface area (Å²) in [6.07, 6.45) is 0. The molecule has 1 heterocycles. The van der Waals surface area contributed by atoms with Gasteiger partial charge in [-0.05, 0) is 62.4 Å². The molecule has 1 aliphatic rings. The number of nitrogens with zero attached hydrogens (tertiary/aromatic N) is 1. The summed E-state index contributed by atoms with van der Waals surface area (Å²) in [6.45, 7) is 7.61. The highest BCUT2D eigenvalue weighted by Crippen LogP contribution is 2.52. The van der Waals surface area contributed by atoms with Crippen LogP contribution in [0.1, 0.15) is 13.8 Å². The number of anilines is 3. The minimum Gasteiger partial charge on any atom is -0.491 e. The van der Waals surface area contributed by atoms with Crippen molar-refractivity contribution in [1.29, 1.82) is 0 Å². The second-order valence-corrected chi connectivity index (χ2v) is 8.21. The summed E-state index contributed by atoms with van der Waals surface area (Å²) in [5.74, 6) is 1.69. The molecule has 0 spiro atoms. The van der Waals surface area contributed by atoms with E-state index in [1.807, 2.05) is 32.0 Å². The number of hydrogen-bond acceptors (Lipinski definition) is 6. The topological polar surface area (TPSA) is 40.2 Å². The lowest BCUT2D eigenvalue weighted by Crippen LogP contribution is -2.15. The third kappa shape index (κ3) is 5.38. The first-order valence-electron chi connectivity index (χ1n) is 11.0. The van der Waals surface area contributed by atoms with Gasteiger partial charge < -0.3 is 23.8 Å². The normalized spacial score (nSPS) is 12.2. The van der Waals surface area contributed by atoms with E-state index in [0.717, 1.165) is 38.4 Å². The largest absolute Gasteiger partial charge is 0.491 e. The number of fused-ring (bicyclic) bond motifs is 2. The van der Waals surface area contributed by atoms with Crippen molar-refractivity contribution in [2.24, 2.45) is 0 Å². The predicted octanol–water partition coefficient (Wildman–Crippen LogP) is 6.45. The number of rotatable bonds is 11. The summed E-state index contributed by atoms with van der Waals surface area (Å²) >= 11 is 1.73. The second kappa shape index (κ2) is 11.3. The molecule has 1 aliphatic heterocycles. The van der Waals surface area contributed by atoms with E-state index in [4.69, 9.17) is 18.9 Å². The van der Waals surface area contributed by atoms with Crippen LogP contribution in [0.25, 0.3) is 0 Å². The van der Waals surface area contributed by atoms with Gasteiger partial charge in [-0.1, -0.05) is 30.0 Å². The maximum Gasteiger partial charge on any atom is 0.120 e. The Balaban J connectivity index is 1.62. The van der Waals surface area contributed by atoms with Gasteiger partial charge in [-0.25, -0.2) is 0 Å². The molecule has 0 aliphatic carbocycles. The molecule has 0 N–H and O–H groups in total. The standard InChI is InChI=1S/C26H29NO4S/c1-3-28-14-16-30-21-10-12-23-25(18-21)32-26-19-22(31-17-15-29-4-2)11-13-24(26)27(23)20-8-6-5-7-9-20/h5-13,18-19H,3-4,14-17H2,1-2H3. The lowest BCUT2D eigenvalue weighted by molar-refractivity contribution is 0.110. The van der Waals surface area contributed by atoms with Gasteiger partial charge in [0.1, 0.15) is 24.7 Å². The fraction of sp³-hybridized carbons (Fsp3) is 0.308. The van der Waals surface area contributed by atoms with Crippen LogP contribution in [0.4, 0.5) is 17.1 Å². The summed E-state index contributed by atoms with van der Waals surface area (Å²) in [5.41, 5.74) is 3.39. The van der Waals surface area contributed by atoms with E-state index in [9.17, 15) is 0 Å². The zero-order valence-corrected chi connectivity index (χ0v) is 19.4. The van der Waals surface area contributed by atoms with Gasteiger partial charge >= 0.3 is 0 Å². The molecule has 4 rings (SSSR count). The fourth-order valence-electron chi connectivity index (χ4n) is 3.53. The molecule has 0 saturated heterocycles. The molecule has 0 bridgehead atoms. The van der Waals surface area contributed by atoms with Crippen molar-refractivity contribution in [2.75, 3.05) is 44.5 Å². The number of hydrogen-bond donors (Lipinski definition) is 0. The summed E-state index contributed by atoms with van der Waals surface area (Å²) in [4.78, 5) is 4.57. The number of para-hydroxylation sites is 1. The monoisotopic (exact) mass is 451 g/mol. The van der Waals surface area contributed by atoms with E-state index in [0.29, 0.717) is 39.6 Å². The Bertz CT molecular complexity index is 950. The Labute approximate surface area is 194 Å². The quantitative estimate of drug-likeness (QED) is 0.244. The van der Waals surface area contributed by atoms with Crippen LogP contribution >= 0.6 is 11.8 Å². The van der Waals surface area contributed by atoms with Gasteiger partial charge in [0.2, 0.25) is 0 Å². The van der Waals surface area contributed by atoms with Gasteiger partial charge in [-0.3, -0.25) is 0 Å². The van der Waals surface area contributed by atoms with Crippen LogP contribution < -0.4 is 14.4 Å². The molecule has 168 valence electrons. The molecule has 0 atom stereocenters. The highest BCUT2D eigenvalue weighted by atomic mass is 32.2. The molecular formula is C26H29NO4S. The molecule has 0 amide bonds.